The van der Waals surface area contributed by atoms with Gasteiger partial charge >= 0.3 is 12.1 Å². The summed E-state index contributed by atoms with van der Waals surface area (Å²) in [4.78, 5) is 29.1. The molecule has 29 heavy (non-hydrogen) atoms. The molecule has 3 aliphatic rings. The molecule has 2 saturated carbocycles. The van der Waals surface area contributed by atoms with Crippen molar-refractivity contribution in [2.75, 3.05) is 13.1 Å². The number of piperidine rings is 1. The highest BCUT2D eigenvalue weighted by Gasteiger charge is 2.40. The second kappa shape index (κ2) is 8.38. The van der Waals surface area contributed by atoms with Crippen molar-refractivity contribution in [2.45, 2.75) is 70.1 Å². The Hall–Kier alpha value is -2.02. The van der Waals surface area contributed by atoms with Gasteiger partial charge in [-0.3, -0.25) is 0 Å². The Morgan fingerprint density at radius 2 is 1.97 bits per heavy atom. The molecule has 1 heterocycles. The zero-order valence-electron chi connectivity index (χ0n) is 16.7. The summed E-state index contributed by atoms with van der Waals surface area (Å²) in [5, 5.41) is 6.29. The number of halogens is 2. The molecule has 0 spiro atoms. The number of hydrogen-bond donors (Lipinski definition) is 2. The van der Waals surface area contributed by atoms with Gasteiger partial charge in [-0.15, -0.1) is 0 Å². The monoisotopic (exact) mass is 422 g/mol. The first-order valence-corrected chi connectivity index (χ1v) is 10.9. The van der Waals surface area contributed by atoms with E-state index in [-0.39, 0.29) is 30.7 Å². The fourth-order valence-electron chi connectivity index (χ4n) is 3.96. The van der Waals surface area contributed by atoms with Gasteiger partial charge in [-0.1, -0.05) is 11.6 Å². The van der Waals surface area contributed by atoms with E-state index in [1.165, 1.54) is 6.07 Å². The molecule has 3 fully saturated rings. The largest absolute Gasteiger partial charge is 0.335 e. The van der Waals surface area contributed by atoms with Crippen LogP contribution in [0.1, 0.15) is 49.7 Å². The lowest BCUT2D eigenvalue weighted by molar-refractivity contribution is 0.115. The van der Waals surface area contributed by atoms with E-state index >= 15 is 0 Å². The summed E-state index contributed by atoms with van der Waals surface area (Å²) in [6, 6.07) is 3.28. The summed E-state index contributed by atoms with van der Waals surface area (Å²) in [7, 11) is 0. The van der Waals surface area contributed by atoms with Gasteiger partial charge in [0.05, 0.1) is 6.04 Å². The van der Waals surface area contributed by atoms with Gasteiger partial charge in [-0.25, -0.2) is 14.0 Å². The van der Waals surface area contributed by atoms with E-state index in [0.717, 1.165) is 50.6 Å². The van der Waals surface area contributed by atoms with Crippen molar-refractivity contribution in [1.82, 2.24) is 20.4 Å². The molecule has 1 unspecified atom stereocenters. The summed E-state index contributed by atoms with van der Waals surface area (Å²) in [5.74, 6) is -0.417. The lowest BCUT2D eigenvalue weighted by Crippen LogP contribution is -2.56. The molecule has 158 valence electrons. The molecule has 0 radical (unpaired) electrons. The Kier molecular flexibility index (Phi) is 5.86. The third-order valence-corrected chi connectivity index (χ3v) is 6.32. The van der Waals surface area contributed by atoms with Crippen LogP contribution >= 0.6 is 11.6 Å². The number of nitrogens with one attached hydrogen (secondary N) is 2. The lowest BCUT2D eigenvalue weighted by Gasteiger charge is -2.39. The van der Waals surface area contributed by atoms with Crippen LogP contribution in [0.3, 0.4) is 0 Å². The van der Waals surface area contributed by atoms with Gasteiger partial charge < -0.3 is 20.4 Å². The predicted octanol–water partition coefficient (Wildman–Crippen LogP) is 3.80. The summed E-state index contributed by atoms with van der Waals surface area (Å²) < 4.78 is 14.2. The average molecular weight is 423 g/mol. The number of carbonyl (C=O) groups is 2. The molecule has 1 aromatic carbocycles. The van der Waals surface area contributed by atoms with Crippen LogP contribution in [0, 0.1) is 12.7 Å². The van der Waals surface area contributed by atoms with Gasteiger partial charge in [-0.2, -0.15) is 0 Å². The van der Waals surface area contributed by atoms with Gasteiger partial charge in [0.25, 0.3) is 0 Å². The van der Waals surface area contributed by atoms with E-state index in [2.05, 4.69) is 10.6 Å². The van der Waals surface area contributed by atoms with Gasteiger partial charge in [0.1, 0.15) is 5.82 Å². The van der Waals surface area contributed by atoms with Gasteiger partial charge in [0.2, 0.25) is 0 Å². The topological polar surface area (TPSA) is 64.7 Å². The standard InChI is InChI=1S/C21H28ClFN4O2/c1-13-9-14(19(23)10-18(13)22)11-24-20(28)27(16-6-7-16)17-3-2-8-26(12-17)21(29)25-15-4-5-15/h9-10,15-17H,2-8,11-12H2,1H3,(H,24,28)(H,25,29). The van der Waals surface area contributed by atoms with E-state index in [1.54, 1.807) is 6.07 Å². The van der Waals surface area contributed by atoms with Crippen molar-refractivity contribution < 1.29 is 14.0 Å². The maximum Gasteiger partial charge on any atom is 0.318 e. The number of nitrogens with zero attached hydrogens (tertiary/aromatic N) is 2. The highest BCUT2D eigenvalue weighted by atomic mass is 35.5. The highest BCUT2D eigenvalue weighted by Crippen LogP contribution is 2.32. The minimum atomic E-state index is -0.417. The van der Waals surface area contributed by atoms with Crippen LogP contribution in [-0.2, 0) is 6.54 Å². The number of hydrogen-bond acceptors (Lipinski definition) is 2. The fourth-order valence-corrected chi connectivity index (χ4v) is 4.11. The Bertz CT molecular complexity index is 797. The smallest absolute Gasteiger partial charge is 0.318 e. The van der Waals surface area contributed by atoms with Crippen LogP contribution in [0.4, 0.5) is 14.0 Å². The molecule has 4 amide bonds. The number of urea groups is 2. The summed E-state index contributed by atoms with van der Waals surface area (Å²) in [6.45, 7) is 3.21. The van der Waals surface area contributed by atoms with Crippen LogP contribution in [-0.4, -0.2) is 53.1 Å². The number of amides is 4. The molecule has 1 saturated heterocycles. The summed E-state index contributed by atoms with van der Waals surface area (Å²) in [5.41, 5.74) is 1.20. The number of aryl methyl sites for hydroxylation is 1. The molecule has 1 aromatic rings. The molecule has 2 N–H and O–H groups in total. The van der Waals surface area contributed by atoms with Crippen LogP contribution < -0.4 is 10.6 Å². The van der Waals surface area contributed by atoms with Crippen molar-refractivity contribution in [2.24, 2.45) is 0 Å². The quantitative estimate of drug-likeness (QED) is 0.758. The van der Waals surface area contributed by atoms with Crippen LogP contribution in [0.2, 0.25) is 5.02 Å². The van der Waals surface area contributed by atoms with Crippen molar-refractivity contribution in [3.05, 3.63) is 34.1 Å². The SMILES string of the molecule is Cc1cc(CNC(=O)N(C2CC2)C2CCCN(C(=O)NC3CC3)C2)c(F)cc1Cl. The van der Waals surface area contributed by atoms with E-state index in [9.17, 15) is 14.0 Å². The Morgan fingerprint density at radius 1 is 1.21 bits per heavy atom. The maximum atomic E-state index is 14.2. The Morgan fingerprint density at radius 3 is 2.66 bits per heavy atom. The highest BCUT2D eigenvalue weighted by molar-refractivity contribution is 6.31. The summed E-state index contributed by atoms with van der Waals surface area (Å²) >= 11 is 5.95. The summed E-state index contributed by atoms with van der Waals surface area (Å²) in [6.07, 6.45) is 5.83. The third kappa shape index (κ3) is 4.94. The normalized spacial score (nSPS) is 21.6. The van der Waals surface area contributed by atoms with Crippen LogP contribution in [0.5, 0.6) is 0 Å². The van der Waals surface area contributed by atoms with Crippen molar-refractivity contribution in [1.29, 1.82) is 0 Å². The second-order valence-corrected chi connectivity index (χ2v) is 8.86. The molecule has 4 rings (SSSR count). The first kappa shape index (κ1) is 20.3. The molecular formula is C21H28ClFN4O2. The van der Waals surface area contributed by atoms with Crippen molar-refractivity contribution in [3.8, 4) is 0 Å². The van der Waals surface area contributed by atoms with Crippen molar-refractivity contribution in [3.63, 3.8) is 0 Å². The minimum Gasteiger partial charge on any atom is -0.335 e. The molecule has 1 aliphatic heterocycles. The van der Waals surface area contributed by atoms with Gasteiger partial charge in [0.15, 0.2) is 0 Å². The van der Waals surface area contributed by atoms with E-state index in [4.69, 9.17) is 11.6 Å². The second-order valence-electron chi connectivity index (χ2n) is 8.46. The molecule has 1 atom stereocenters. The number of benzene rings is 1. The zero-order valence-corrected chi connectivity index (χ0v) is 17.5. The van der Waals surface area contributed by atoms with Gasteiger partial charge in [0, 0.05) is 42.3 Å². The molecular weight excluding hydrogens is 395 g/mol. The molecule has 0 aromatic heterocycles. The zero-order chi connectivity index (χ0) is 20.5. The molecule has 0 bridgehead atoms. The van der Waals surface area contributed by atoms with E-state index in [0.29, 0.717) is 23.2 Å². The third-order valence-electron chi connectivity index (χ3n) is 5.91. The average Bonchev–Trinajstić information content (AvgIpc) is 3.60. The number of rotatable bonds is 5. The lowest BCUT2D eigenvalue weighted by atomic mass is 10.0. The maximum absolute atomic E-state index is 14.2. The fraction of sp³-hybridized carbons (Fsp3) is 0.619. The first-order valence-electron chi connectivity index (χ1n) is 10.5. The van der Waals surface area contributed by atoms with E-state index < -0.39 is 5.82 Å². The number of carbonyl (C=O) groups excluding carboxylic acids is 2. The minimum absolute atomic E-state index is 0.00185. The Labute approximate surface area is 175 Å². The Balaban J connectivity index is 1.38. The van der Waals surface area contributed by atoms with Crippen LogP contribution in [0.25, 0.3) is 0 Å². The first-order chi connectivity index (χ1) is 13.9. The predicted molar refractivity (Wildman–Crippen MR) is 109 cm³/mol. The van der Waals surface area contributed by atoms with Crippen molar-refractivity contribution >= 4 is 23.7 Å². The molecule has 8 heteroatoms. The van der Waals surface area contributed by atoms with E-state index in [1.807, 2.05) is 16.7 Å². The molecule has 6 nitrogen and oxygen atoms in total. The number of likely N-dealkylation sites (tertiary alicyclic amines) is 1. The van der Waals surface area contributed by atoms with Gasteiger partial charge in [-0.05, 0) is 63.1 Å². The van der Waals surface area contributed by atoms with Crippen LogP contribution in [0.15, 0.2) is 12.1 Å². The molecule has 2 aliphatic carbocycles.